The van der Waals surface area contributed by atoms with Crippen LogP contribution in [0, 0.1) is 23.0 Å². The predicted molar refractivity (Wildman–Crippen MR) is 66.3 cm³/mol. The van der Waals surface area contributed by atoms with Crippen molar-refractivity contribution < 1.29 is 9.66 Å². The first kappa shape index (κ1) is 13.0. The molecule has 1 rings (SSSR count). The molecule has 0 heterocycles. The van der Waals surface area contributed by atoms with Gasteiger partial charge in [0.15, 0.2) is 5.75 Å². The molecule has 1 unspecified atom stereocenters. The van der Waals surface area contributed by atoms with Crippen molar-refractivity contribution >= 4 is 21.6 Å². The molecule has 0 amide bonds. The van der Waals surface area contributed by atoms with Crippen molar-refractivity contribution in [1.82, 2.24) is 0 Å². The van der Waals surface area contributed by atoms with Gasteiger partial charge in [-0.15, -0.1) is 0 Å². The summed E-state index contributed by atoms with van der Waals surface area (Å²) in [6.45, 7) is 4.29. The van der Waals surface area contributed by atoms with Crippen molar-refractivity contribution in [3.05, 3.63) is 33.9 Å². The van der Waals surface area contributed by atoms with Gasteiger partial charge in [0.25, 0.3) is 0 Å². The van der Waals surface area contributed by atoms with E-state index < -0.39 is 4.92 Å². The highest BCUT2D eigenvalue weighted by molar-refractivity contribution is 9.09. The average Bonchev–Trinajstić information content (AvgIpc) is 2.26. The molecule has 1 aromatic carbocycles. The minimum Gasteiger partial charge on any atom is -0.486 e. The predicted octanol–water partition coefficient (Wildman–Crippen LogP) is 3.31. The van der Waals surface area contributed by atoms with E-state index in [0.29, 0.717) is 18.3 Å². The first-order valence-corrected chi connectivity index (χ1v) is 6.10. The Morgan fingerprint density at radius 1 is 1.56 bits per heavy atom. The van der Waals surface area contributed by atoms with E-state index in [9.17, 15) is 10.1 Å². The summed E-state index contributed by atoms with van der Waals surface area (Å²) >= 11 is 3.33. The van der Waals surface area contributed by atoms with Crippen LogP contribution in [0.4, 0.5) is 5.69 Å². The first-order chi connectivity index (χ1) is 7.54. The molecule has 0 spiro atoms. The van der Waals surface area contributed by atoms with E-state index in [1.54, 1.807) is 12.1 Å². The second-order valence-corrected chi connectivity index (χ2v) is 4.45. The van der Waals surface area contributed by atoms with Gasteiger partial charge in [0.2, 0.25) is 0 Å². The van der Waals surface area contributed by atoms with Crippen LogP contribution in [0.25, 0.3) is 0 Å². The highest BCUT2D eigenvalue weighted by Gasteiger charge is 2.15. The van der Waals surface area contributed by atoms with E-state index in [2.05, 4.69) is 15.9 Å². The van der Waals surface area contributed by atoms with Gasteiger partial charge in [-0.3, -0.25) is 10.1 Å². The van der Waals surface area contributed by atoms with Crippen LogP contribution in [-0.4, -0.2) is 16.9 Å². The zero-order valence-corrected chi connectivity index (χ0v) is 10.9. The maximum atomic E-state index is 10.8. The maximum Gasteiger partial charge on any atom is 0.311 e. The van der Waals surface area contributed by atoms with E-state index in [-0.39, 0.29) is 5.69 Å². The number of aryl methyl sites for hydroxylation is 1. The van der Waals surface area contributed by atoms with Gasteiger partial charge in [-0.1, -0.05) is 28.9 Å². The van der Waals surface area contributed by atoms with Crippen molar-refractivity contribution in [2.45, 2.75) is 13.8 Å². The molecule has 0 N–H and O–H groups in total. The Morgan fingerprint density at radius 3 is 2.81 bits per heavy atom. The third-order valence-electron chi connectivity index (χ3n) is 2.10. The summed E-state index contributed by atoms with van der Waals surface area (Å²) in [6, 6.07) is 4.98. The minimum absolute atomic E-state index is 0.0294. The van der Waals surface area contributed by atoms with Gasteiger partial charge in [0.05, 0.1) is 11.5 Å². The van der Waals surface area contributed by atoms with Crippen LogP contribution >= 0.6 is 15.9 Å². The van der Waals surface area contributed by atoms with Gasteiger partial charge >= 0.3 is 5.69 Å². The van der Waals surface area contributed by atoms with Gasteiger partial charge < -0.3 is 4.74 Å². The fourth-order valence-electron chi connectivity index (χ4n) is 1.17. The molecule has 0 aromatic heterocycles. The zero-order chi connectivity index (χ0) is 12.1. The Hall–Kier alpha value is -1.10. The summed E-state index contributed by atoms with van der Waals surface area (Å²) in [5.74, 6) is 0.657. The molecule has 0 bridgehead atoms. The molecule has 0 aliphatic rings. The lowest BCUT2D eigenvalue weighted by Crippen LogP contribution is -2.10. The van der Waals surface area contributed by atoms with E-state index in [4.69, 9.17) is 4.74 Å². The molecule has 5 heteroatoms. The van der Waals surface area contributed by atoms with E-state index in [0.717, 1.165) is 10.9 Å². The summed E-state index contributed by atoms with van der Waals surface area (Å²) in [5, 5.41) is 11.6. The van der Waals surface area contributed by atoms with Crippen LogP contribution in [0.1, 0.15) is 12.5 Å². The number of benzene rings is 1. The molecule has 88 valence electrons. The van der Waals surface area contributed by atoms with Crippen LogP contribution in [0.15, 0.2) is 18.2 Å². The average molecular weight is 288 g/mol. The summed E-state index contributed by atoms with van der Waals surface area (Å²) in [4.78, 5) is 10.4. The molecular formula is C11H14BrNO3. The fourth-order valence-corrected chi connectivity index (χ4v) is 1.36. The van der Waals surface area contributed by atoms with Gasteiger partial charge in [-0.05, 0) is 24.5 Å². The van der Waals surface area contributed by atoms with Crippen LogP contribution < -0.4 is 4.74 Å². The van der Waals surface area contributed by atoms with Crippen LogP contribution in [-0.2, 0) is 0 Å². The topological polar surface area (TPSA) is 52.4 Å². The lowest BCUT2D eigenvalue weighted by atomic mass is 10.2. The van der Waals surface area contributed by atoms with Gasteiger partial charge in [-0.2, -0.15) is 0 Å². The Morgan fingerprint density at radius 2 is 2.25 bits per heavy atom. The summed E-state index contributed by atoms with van der Waals surface area (Å²) in [6.07, 6.45) is 0. The molecular weight excluding hydrogens is 274 g/mol. The molecule has 0 saturated carbocycles. The lowest BCUT2D eigenvalue weighted by Gasteiger charge is -2.10. The summed E-state index contributed by atoms with van der Waals surface area (Å²) < 4.78 is 5.43. The first-order valence-electron chi connectivity index (χ1n) is 4.98. The van der Waals surface area contributed by atoms with E-state index in [1.165, 1.54) is 6.07 Å². The monoisotopic (exact) mass is 287 g/mol. The lowest BCUT2D eigenvalue weighted by molar-refractivity contribution is -0.385. The molecule has 1 aromatic rings. The van der Waals surface area contributed by atoms with Crippen molar-refractivity contribution in [2.75, 3.05) is 11.9 Å². The fraction of sp³-hybridized carbons (Fsp3) is 0.455. The quantitative estimate of drug-likeness (QED) is 0.474. The third kappa shape index (κ3) is 3.48. The highest BCUT2D eigenvalue weighted by Crippen LogP contribution is 2.28. The second kappa shape index (κ2) is 5.84. The van der Waals surface area contributed by atoms with Crippen molar-refractivity contribution in [2.24, 2.45) is 5.92 Å². The number of halogens is 1. The SMILES string of the molecule is Cc1ccc(OCC(C)CBr)c([N+](=O)[O-])c1. The minimum atomic E-state index is -0.416. The second-order valence-electron chi connectivity index (χ2n) is 3.80. The zero-order valence-electron chi connectivity index (χ0n) is 9.27. The number of nitro groups is 1. The molecule has 4 nitrogen and oxygen atoms in total. The molecule has 0 aliphatic carbocycles. The third-order valence-corrected chi connectivity index (χ3v) is 3.20. The van der Waals surface area contributed by atoms with Crippen LogP contribution in [0.2, 0.25) is 0 Å². The molecule has 0 fully saturated rings. The van der Waals surface area contributed by atoms with Crippen molar-refractivity contribution in [3.63, 3.8) is 0 Å². The molecule has 16 heavy (non-hydrogen) atoms. The Balaban J connectivity index is 2.82. The Bertz CT molecular complexity index is 381. The number of ether oxygens (including phenoxy) is 1. The smallest absolute Gasteiger partial charge is 0.311 e. The van der Waals surface area contributed by atoms with Crippen LogP contribution in [0.5, 0.6) is 5.75 Å². The number of rotatable bonds is 5. The highest BCUT2D eigenvalue weighted by atomic mass is 79.9. The number of nitrogens with zero attached hydrogens (tertiary/aromatic N) is 1. The van der Waals surface area contributed by atoms with Gasteiger partial charge in [0.1, 0.15) is 0 Å². The number of hydrogen-bond acceptors (Lipinski definition) is 3. The maximum absolute atomic E-state index is 10.8. The molecule has 0 aliphatic heterocycles. The normalized spacial score (nSPS) is 12.2. The Labute approximate surface area is 103 Å². The molecule has 0 radical (unpaired) electrons. The molecule has 0 saturated heterocycles. The van der Waals surface area contributed by atoms with Crippen LogP contribution in [0.3, 0.4) is 0 Å². The Kier molecular flexibility index (Phi) is 4.73. The van der Waals surface area contributed by atoms with Gasteiger partial charge in [0, 0.05) is 11.4 Å². The van der Waals surface area contributed by atoms with Crippen molar-refractivity contribution in [3.8, 4) is 5.75 Å². The largest absolute Gasteiger partial charge is 0.486 e. The number of alkyl halides is 1. The molecule has 1 atom stereocenters. The van der Waals surface area contributed by atoms with Crippen molar-refractivity contribution in [1.29, 1.82) is 0 Å². The standard InChI is InChI=1S/C11H14BrNO3/c1-8-3-4-11(10(5-8)13(14)15)16-7-9(2)6-12/h3-5,9H,6-7H2,1-2H3. The van der Waals surface area contributed by atoms with E-state index in [1.807, 2.05) is 13.8 Å². The number of nitro benzene ring substituents is 1. The summed E-state index contributed by atoms with van der Waals surface area (Å²) in [5.41, 5.74) is 0.884. The number of hydrogen-bond donors (Lipinski definition) is 0. The van der Waals surface area contributed by atoms with Gasteiger partial charge in [-0.25, -0.2) is 0 Å². The van der Waals surface area contributed by atoms with E-state index >= 15 is 0 Å². The summed E-state index contributed by atoms with van der Waals surface area (Å²) in [7, 11) is 0.